The highest BCUT2D eigenvalue weighted by Gasteiger charge is 2.23. The molecule has 1 heterocycles. The zero-order chi connectivity index (χ0) is 22.1. The van der Waals surface area contributed by atoms with Crippen molar-refractivity contribution >= 4 is 17.7 Å². The van der Waals surface area contributed by atoms with Crippen LogP contribution >= 0.6 is 0 Å². The van der Waals surface area contributed by atoms with E-state index in [9.17, 15) is 14.4 Å². The van der Waals surface area contributed by atoms with Crippen LogP contribution in [0.15, 0.2) is 18.2 Å². The Bertz CT molecular complexity index is 744. The molecular formula is C22H33N3O5. The third kappa shape index (κ3) is 6.64. The average molecular weight is 420 g/mol. The van der Waals surface area contributed by atoms with E-state index < -0.39 is 0 Å². The zero-order valence-electron chi connectivity index (χ0n) is 18.4. The molecule has 1 N–H and O–H groups in total. The van der Waals surface area contributed by atoms with Crippen molar-refractivity contribution in [2.45, 2.75) is 46.6 Å². The van der Waals surface area contributed by atoms with Crippen molar-refractivity contribution in [3.05, 3.63) is 23.8 Å². The first-order valence-corrected chi connectivity index (χ1v) is 10.6. The van der Waals surface area contributed by atoms with Crippen LogP contribution in [0.4, 0.5) is 0 Å². The van der Waals surface area contributed by atoms with Crippen LogP contribution in [0, 0.1) is 0 Å². The van der Waals surface area contributed by atoms with Gasteiger partial charge in [0.25, 0.3) is 0 Å². The maximum Gasteiger partial charge on any atom is 0.223 e. The van der Waals surface area contributed by atoms with Gasteiger partial charge in [0.1, 0.15) is 0 Å². The number of benzene rings is 1. The lowest BCUT2D eigenvalue weighted by atomic mass is 10.1. The normalized spacial score (nSPS) is 14.8. The SMILES string of the molecule is CCOc1ccc([C@@H](C)NC(=O)CCC(=O)N2CCN(C(C)=O)CC2)cc1OCC. The third-order valence-corrected chi connectivity index (χ3v) is 5.09. The van der Waals surface area contributed by atoms with Gasteiger partial charge in [-0.2, -0.15) is 0 Å². The Kier molecular flexibility index (Phi) is 8.95. The van der Waals surface area contributed by atoms with Crippen molar-refractivity contribution in [2.75, 3.05) is 39.4 Å². The predicted octanol–water partition coefficient (Wildman–Crippen LogP) is 2.13. The maximum absolute atomic E-state index is 12.4. The Balaban J connectivity index is 1.83. The summed E-state index contributed by atoms with van der Waals surface area (Å²) in [6.07, 6.45) is 0.289. The highest BCUT2D eigenvalue weighted by atomic mass is 16.5. The molecule has 0 radical (unpaired) electrons. The molecule has 0 bridgehead atoms. The number of nitrogens with zero attached hydrogens (tertiary/aromatic N) is 2. The monoisotopic (exact) mass is 419 g/mol. The molecule has 1 aromatic carbocycles. The van der Waals surface area contributed by atoms with E-state index >= 15 is 0 Å². The molecule has 0 spiro atoms. The molecule has 8 heteroatoms. The summed E-state index contributed by atoms with van der Waals surface area (Å²) >= 11 is 0. The van der Waals surface area contributed by atoms with E-state index in [1.54, 1.807) is 9.80 Å². The molecule has 166 valence electrons. The predicted molar refractivity (Wildman–Crippen MR) is 113 cm³/mol. The van der Waals surface area contributed by atoms with Crippen LogP contribution in [0.2, 0.25) is 0 Å². The Morgan fingerprint density at radius 3 is 2.17 bits per heavy atom. The first-order chi connectivity index (χ1) is 14.3. The van der Waals surface area contributed by atoms with E-state index in [-0.39, 0.29) is 36.6 Å². The number of carbonyl (C=O) groups is 3. The number of carbonyl (C=O) groups excluding carboxylic acids is 3. The van der Waals surface area contributed by atoms with E-state index in [0.717, 1.165) is 5.56 Å². The topological polar surface area (TPSA) is 88.2 Å². The minimum Gasteiger partial charge on any atom is -0.490 e. The highest BCUT2D eigenvalue weighted by Crippen LogP contribution is 2.30. The molecule has 8 nitrogen and oxygen atoms in total. The minimum absolute atomic E-state index is 0.0252. The van der Waals surface area contributed by atoms with Crippen molar-refractivity contribution in [2.24, 2.45) is 0 Å². The van der Waals surface area contributed by atoms with Crippen molar-refractivity contribution in [1.29, 1.82) is 0 Å². The van der Waals surface area contributed by atoms with Gasteiger partial charge in [0.05, 0.1) is 19.3 Å². The number of piperazine rings is 1. The first-order valence-electron chi connectivity index (χ1n) is 10.6. The van der Waals surface area contributed by atoms with E-state index in [1.165, 1.54) is 6.92 Å². The molecule has 2 rings (SSSR count). The van der Waals surface area contributed by atoms with Gasteiger partial charge in [0.2, 0.25) is 17.7 Å². The van der Waals surface area contributed by atoms with E-state index in [0.29, 0.717) is 50.9 Å². The lowest BCUT2D eigenvalue weighted by Crippen LogP contribution is -2.50. The molecule has 1 fully saturated rings. The number of hydrogen-bond acceptors (Lipinski definition) is 5. The van der Waals surface area contributed by atoms with Crippen molar-refractivity contribution in [3.63, 3.8) is 0 Å². The van der Waals surface area contributed by atoms with Crippen LogP contribution in [-0.2, 0) is 14.4 Å². The summed E-state index contributed by atoms with van der Waals surface area (Å²) in [5.41, 5.74) is 0.905. The Labute approximate surface area is 178 Å². The zero-order valence-corrected chi connectivity index (χ0v) is 18.4. The van der Waals surface area contributed by atoms with Crippen LogP contribution in [0.3, 0.4) is 0 Å². The summed E-state index contributed by atoms with van der Waals surface area (Å²) in [5, 5.41) is 2.94. The fourth-order valence-electron chi connectivity index (χ4n) is 3.38. The van der Waals surface area contributed by atoms with Crippen LogP contribution in [-0.4, -0.2) is 66.9 Å². The molecule has 0 unspecified atom stereocenters. The van der Waals surface area contributed by atoms with E-state index in [4.69, 9.17) is 9.47 Å². The van der Waals surface area contributed by atoms with E-state index in [1.807, 2.05) is 39.0 Å². The molecule has 0 saturated carbocycles. The molecule has 0 aromatic heterocycles. The van der Waals surface area contributed by atoms with Crippen molar-refractivity contribution in [1.82, 2.24) is 15.1 Å². The number of rotatable bonds is 9. The summed E-state index contributed by atoms with van der Waals surface area (Å²) in [6.45, 7) is 10.4. The Hall–Kier alpha value is -2.77. The van der Waals surface area contributed by atoms with Gasteiger partial charge < -0.3 is 24.6 Å². The van der Waals surface area contributed by atoms with Gasteiger partial charge in [-0.1, -0.05) is 6.07 Å². The minimum atomic E-state index is -0.221. The van der Waals surface area contributed by atoms with Gasteiger partial charge in [0.15, 0.2) is 11.5 Å². The molecule has 1 aliphatic heterocycles. The van der Waals surface area contributed by atoms with Crippen LogP contribution < -0.4 is 14.8 Å². The summed E-state index contributed by atoms with van der Waals surface area (Å²) in [4.78, 5) is 39.5. The molecule has 3 amide bonds. The lowest BCUT2D eigenvalue weighted by molar-refractivity contribution is -0.139. The third-order valence-electron chi connectivity index (χ3n) is 5.09. The lowest BCUT2D eigenvalue weighted by Gasteiger charge is -2.34. The van der Waals surface area contributed by atoms with E-state index in [2.05, 4.69) is 5.32 Å². The second-order valence-electron chi connectivity index (χ2n) is 7.25. The molecule has 0 aliphatic carbocycles. The number of nitrogens with one attached hydrogen (secondary N) is 1. The second kappa shape index (κ2) is 11.4. The van der Waals surface area contributed by atoms with Gasteiger partial charge in [-0.25, -0.2) is 0 Å². The van der Waals surface area contributed by atoms with Crippen LogP contribution in [0.5, 0.6) is 11.5 Å². The highest BCUT2D eigenvalue weighted by molar-refractivity contribution is 5.84. The molecular weight excluding hydrogens is 386 g/mol. The van der Waals surface area contributed by atoms with Crippen LogP contribution in [0.1, 0.15) is 52.1 Å². The summed E-state index contributed by atoms with van der Waals surface area (Å²) < 4.78 is 11.2. The smallest absolute Gasteiger partial charge is 0.223 e. The fraction of sp³-hybridized carbons (Fsp3) is 0.591. The van der Waals surface area contributed by atoms with Crippen LogP contribution in [0.25, 0.3) is 0 Å². The maximum atomic E-state index is 12.4. The number of ether oxygens (including phenoxy) is 2. The van der Waals surface area contributed by atoms with Crippen molar-refractivity contribution in [3.8, 4) is 11.5 Å². The second-order valence-corrected chi connectivity index (χ2v) is 7.25. The molecule has 1 aromatic rings. The fourth-order valence-corrected chi connectivity index (χ4v) is 3.38. The standard InChI is InChI=1S/C22H33N3O5/c1-5-29-19-8-7-18(15-20(19)30-6-2)16(3)23-21(27)9-10-22(28)25-13-11-24(12-14-25)17(4)26/h7-8,15-16H,5-6,9-14H2,1-4H3,(H,23,27)/t16-/m1/s1. The molecule has 30 heavy (non-hydrogen) atoms. The van der Waals surface area contributed by atoms with Gasteiger partial charge in [-0.15, -0.1) is 0 Å². The Morgan fingerprint density at radius 2 is 1.57 bits per heavy atom. The largest absolute Gasteiger partial charge is 0.490 e. The number of amides is 3. The quantitative estimate of drug-likeness (QED) is 0.663. The van der Waals surface area contributed by atoms with Gasteiger partial charge in [0, 0.05) is 45.9 Å². The molecule has 1 saturated heterocycles. The van der Waals surface area contributed by atoms with Gasteiger partial charge >= 0.3 is 0 Å². The summed E-state index contributed by atoms with van der Waals surface area (Å²) in [7, 11) is 0. The summed E-state index contributed by atoms with van der Waals surface area (Å²) in [5.74, 6) is 1.12. The van der Waals surface area contributed by atoms with Gasteiger partial charge in [-0.3, -0.25) is 14.4 Å². The number of hydrogen-bond donors (Lipinski definition) is 1. The average Bonchev–Trinajstić information content (AvgIpc) is 2.73. The van der Waals surface area contributed by atoms with Gasteiger partial charge in [-0.05, 0) is 38.5 Å². The molecule has 1 atom stereocenters. The summed E-state index contributed by atoms with van der Waals surface area (Å²) in [6, 6.07) is 5.40. The van der Waals surface area contributed by atoms with Crippen molar-refractivity contribution < 1.29 is 23.9 Å². The first kappa shape index (κ1) is 23.5. The Morgan fingerprint density at radius 1 is 0.967 bits per heavy atom. The molecule has 1 aliphatic rings.